The number of ether oxygens (including phenoxy) is 1. The van der Waals surface area contributed by atoms with Gasteiger partial charge in [0.25, 0.3) is 0 Å². The molecule has 5 heteroatoms. The first-order valence-corrected chi connectivity index (χ1v) is 9.01. The molecule has 0 spiro atoms. The molecule has 0 amide bonds. The third-order valence-corrected chi connectivity index (χ3v) is 5.28. The Morgan fingerprint density at radius 3 is 2.70 bits per heavy atom. The van der Waals surface area contributed by atoms with Gasteiger partial charge in [0.05, 0.1) is 18.1 Å². The molecule has 4 rings (SSSR count). The van der Waals surface area contributed by atoms with Crippen LogP contribution in [0.2, 0.25) is 0 Å². The maximum absolute atomic E-state index is 13.0. The molecule has 2 atom stereocenters. The molecule has 1 aromatic heterocycles. The normalized spacial score (nSPS) is 18.4. The van der Waals surface area contributed by atoms with E-state index in [4.69, 9.17) is 9.15 Å². The van der Waals surface area contributed by atoms with E-state index in [2.05, 4.69) is 0 Å². The van der Waals surface area contributed by atoms with Crippen LogP contribution < -0.4 is 10.2 Å². The Morgan fingerprint density at radius 2 is 2.00 bits per heavy atom. The van der Waals surface area contributed by atoms with E-state index in [0.29, 0.717) is 28.7 Å². The minimum Gasteiger partial charge on any atom is -0.496 e. The predicted molar refractivity (Wildman–Crippen MR) is 102 cm³/mol. The van der Waals surface area contributed by atoms with Crippen LogP contribution in [0.1, 0.15) is 52.4 Å². The monoisotopic (exact) mass is 364 g/mol. The smallest absolute Gasteiger partial charge is 0.335 e. The number of carboxylic acid groups (broad SMARTS) is 1. The van der Waals surface area contributed by atoms with Gasteiger partial charge in [0.15, 0.2) is 5.43 Å². The maximum Gasteiger partial charge on any atom is 0.335 e. The van der Waals surface area contributed by atoms with E-state index >= 15 is 0 Å². The highest BCUT2D eigenvalue weighted by Crippen LogP contribution is 2.57. The van der Waals surface area contributed by atoms with E-state index in [0.717, 1.165) is 17.7 Å². The molecule has 1 saturated carbocycles. The summed E-state index contributed by atoms with van der Waals surface area (Å²) < 4.78 is 11.6. The summed E-state index contributed by atoms with van der Waals surface area (Å²) in [6.07, 6.45) is 1.44. The standard InChI is InChI=1S/C22H20O5/c1-3-13-20(23)17-10-12(22(24)25)8-9-19(17)27-21(13)16-11-15(16)14-6-4-5-7-18(14)26-2/h4-10,15-16H,3,11H2,1-2H3,(H,24,25). The Morgan fingerprint density at radius 1 is 1.22 bits per heavy atom. The predicted octanol–water partition coefficient (Wildman–Crippen LogP) is 4.33. The van der Waals surface area contributed by atoms with Crippen molar-refractivity contribution in [1.29, 1.82) is 0 Å². The number of methoxy groups -OCH3 is 1. The van der Waals surface area contributed by atoms with Gasteiger partial charge in [0.1, 0.15) is 17.1 Å². The van der Waals surface area contributed by atoms with E-state index < -0.39 is 5.97 Å². The zero-order valence-corrected chi connectivity index (χ0v) is 15.2. The number of aromatic carboxylic acids is 1. The van der Waals surface area contributed by atoms with Gasteiger partial charge < -0.3 is 14.3 Å². The first-order valence-electron chi connectivity index (χ1n) is 9.01. The summed E-state index contributed by atoms with van der Waals surface area (Å²) >= 11 is 0. The van der Waals surface area contributed by atoms with E-state index in [9.17, 15) is 14.7 Å². The topological polar surface area (TPSA) is 76.7 Å². The molecule has 1 aliphatic rings. The van der Waals surface area contributed by atoms with Gasteiger partial charge in [-0.2, -0.15) is 0 Å². The molecule has 3 aromatic rings. The largest absolute Gasteiger partial charge is 0.496 e. The van der Waals surface area contributed by atoms with Crippen molar-refractivity contribution in [2.45, 2.75) is 31.6 Å². The number of rotatable bonds is 5. The van der Waals surface area contributed by atoms with Crippen LogP contribution in [-0.2, 0) is 6.42 Å². The van der Waals surface area contributed by atoms with Gasteiger partial charge in [-0.25, -0.2) is 4.79 Å². The van der Waals surface area contributed by atoms with E-state index in [-0.39, 0.29) is 22.8 Å². The molecule has 0 aliphatic heterocycles. The average Bonchev–Trinajstić information content (AvgIpc) is 3.48. The Balaban J connectivity index is 1.80. The number of fused-ring (bicyclic) bond motifs is 1. The molecule has 1 fully saturated rings. The highest BCUT2D eigenvalue weighted by Gasteiger charge is 2.44. The summed E-state index contributed by atoms with van der Waals surface area (Å²) in [5.41, 5.74) is 2.14. The summed E-state index contributed by atoms with van der Waals surface area (Å²) in [6.45, 7) is 1.92. The fourth-order valence-electron chi connectivity index (χ4n) is 3.82. The van der Waals surface area contributed by atoms with Crippen molar-refractivity contribution in [2.24, 2.45) is 0 Å². The van der Waals surface area contributed by atoms with Crippen molar-refractivity contribution in [1.82, 2.24) is 0 Å². The number of hydrogen-bond donors (Lipinski definition) is 1. The van der Waals surface area contributed by atoms with Gasteiger partial charge >= 0.3 is 5.97 Å². The highest BCUT2D eigenvalue weighted by molar-refractivity contribution is 5.92. The van der Waals surface area contributed by atoms with Crippen LogP contribution in [-0.4, -0.2) is 18.2 Å². The van der Waals surface area contributed by atoms with Crippen LogP contribution in [0, 0.1) is 0 Å². The first-order chi connectivity index (χ1) is 13.0. The molecule has 0 saturated heterocycles. The molecule has 1 aliphatic carbocycles. The van der Waals surface area contributed by atoms with E-state index in [1.54, 1.807) is 13.2 Å². The minimum absolute atomic E-state index is 0.0860. The Kier molecular flexibility index (Phi) is 4.22. The second kappa shape index (κ2) is 6.58. The maximum atomic E-state index is 13.0. The van der Waals surface area contributed by atoms with Crippen molar-refractivity contribution in [3.8, 4) is 5.75 Å². The molecule has 2 aromatic carbocycles. The average molecular weight is 364 g/mol. The van der Waals surface area contributed by atoms with Crippen LogP contribution in [0.25, 0.3) is 11.0 Å². The van der Waals surface area contributed by atoms with Gasteiger partial charge in [-0.05, 0) is 48.6 Å². The molecule has 2 unspecified atom stereocenters. The quantitative estimate of drug-likeness (QED) is 0.729. The molecule has 1 heterocycles. The molecule has 1 N–H and O–H groups in total. The lowest BCUT2D eigenvalue weighted by molar-refractivity contribution is 0.0697. The van der Waals surface area contributed by atoms with Crippen molar-refractivity contribution in [2.75, 3.05) is 7.11 Å². The Hall–Kier alpha value is -3.08. The minimum atomic E-state index is -1.06. The van der Waals surface area contributed by atoms with E-state index in [1.807, 2.05) is 31.2 Å². The van der Waals surface area contributed by atoms with Crippen LogP contribution >= 0.6 is 0 Å². The van der Waals surface area contributed by atoms with Gasteiger partial charge in [-0.3, -0.25) is 4.79 Å². The summed E-state index contributed by atoms with van der Waals surface area (Å²) in [6, 6.07) is 12.3. The zero-order chi connectivity index (χ0) is 19.1. The third-order valence-electron chi connectivity index (χ3n) is 5.28. The highest BCUT2D eigenvalue weighted by atomic mass is 16.5. The number of carboxylic acids is 1. The molecule has 27 heavy (non-hydrogen) atoms. The molecular formula is C22H20O5. The molecule has 0 bridgehead atoms. The van der Waals surface area contributed by atoms with Crippen molar-refractivity contribution < 1.29 is 19.1 Å². The second-order valence-electron chi connectivity index (χ2n) is 6.83. The SMILES string of the molecule is CCc1c(C2CC2c2ccccc2OC)oc2ccc(C(=O)O)cc2c1=O. The van der Waals surface area contributed by atoms with E-state index in [1.165, 1.54) is 12.1 Å². The molecule has 138 valence electrons. The summed E-state index contributed by atoms with van der Waals surface area (Å²) in [4.78, 5) is 24.2. The number of hydrogen-bond acceptors (Lipinski definition) is 4. The first kappa shape index (κ1) is 17.3. The number of para-hydroxylation sites is 1. The number of carbonyl (C=O) groups is 1. The Labute approximate surface area is 156 Å². The fraction of sp³-hybridized carbons (Fsp3) is 0.273. The van der Waals surface area contributed by atoms with Gasteiger partial charge in [0.2, 0.25) is 0 Å². The summed E-state index contributed by atoms with van der Waals surface area (Å²) in [5, 5.41) is 9.50. The third kappa shape index (κ3) is 2.89. The van der Waals surface area contributed by atoms with Crippen LogP contribution in [0.3, 0.4) is 0 Å². The molecule has 5 nitrogen and oxygen atoms in total. The van der Waals surface area contributed by atoms with Gasteiger partial charge in [-0.1, -0.05) is 25.1 Å². The van der Waals surface area contributed by atoms with Crippen LogP contribution in [0.4, 0.5) is 0 Å². The van der Waals surface area contributed by atoms with Crippen molar-refractivity contribution in [3.63, 3.8) is 0 Å². The van der Waals surface area contributed by atoms with Crippen molar-refractivity contribution in [3.05, 3.63) is 75.1 Å². The molecular weight excluding hydrogens is 344 g/mol. The lowest BCUT2D eigenvalue weighted by atomic mass is 10.0. The van der Waals surface area contributed by atoms with Crippen molar-refractivity contribution >= 4 is 16.9 Å². The Bertz CT molecular complexity index is 1100. The second-order valence-corrected chi connectivity index (χ2v) is 6.83. The molecule has 0 radical (unpaired) electrons. The fourth-order valence-corrected chi connectivity index (χ4v) is 3.82. The summed E-state index contributed by atoms with van der Waals surface area (Å²) in [5.74, 6) is 0.890. The zero-order valence-electron chi connectivity index (χ0n) is 15.2. The van der Waals surface area contributed by atoms with Gasteiger partial charge in [-0.15, -0.1) is 0 Å². The number of benzene rings is 2. The lowest BCUT2D eigenvalue weighted by Gasteiger charge is -2.11. The lowest BCUT2D eigenvalue weighted by Crippen LogP contribution is -2.13. The van der Waals surface area contributed by atoms with Gasteiger partial charge in [0, 0.05) is 11.5 Å². The van der Waals surface area contributed by atoms with Crippen LogP contribution in [0.15, 0.2) is 51.7 Å². The summed E-state index contributed by atoms with van der Waals surface area (Å²) in [7, 11) is 1.66. The van der Waals surface area contributed by atoms with Crippen LogP contribution in [0.5, 0.6) is 5.75 Å².